The van der Waals surface area contributed by atoms with Crippen LogP contribution in [0.4, 0.5) is 0 Å². The van der Waals surface area contributed by atoms with Crippen molar-refractivity contribution in [3.8, 4) is 5.75 Å². The molecule has 3 nitrogen and oxygen atoms in total. The SMILES string of the molecule is CC1CCCCCCC(c2cc(OC3CCC(I)CC3)c3nccnc3c2)C1. The minimum atomic E-state index is 0.325. The highest BCUT2D eigenvalue weighted by atomic mass is 127. The molecule has 0 amide bonds. The highest BCUT2D eigenvalue weighted by Crippen LogP contribution is 2.38. The standard InChI is InChI=1S/C24H33IN2O/c1-17-6-4-2-3-5-7-18(14-17)19-15-22-24(27-13-12-26-22)23(16-19)28-21-10-8-20(25)9-11-21/h12-13,15-18,20-21H,2-11,14H2,1H3. The zero-order chi connectivity index (χ0) is 19.3. The predicted molar refractivity (Wildman–Crippen MR) is 124 cm³/mol. The van der Waals surface area contributed by atoms with Gasteiger partial charge in [-0.1, -0.05) is 61.6 Å². The molecule has 1 heterocycles. The monoisotopic (exact) mass is 492 g/mol. The van der Waals surface area contributed by atoms with Gasteiger partial charge in [0.25, 0.3) is 0 Å². The van der Waals surface area contributed by atoms with Crippen molar-refractivity contribution < 1.29 is 4.74 Å². The number of halogens is 1. The Labute approximate surface area is 183 Å². The molecule has 2 aliphatic rings. The van der Waals surface area contributed by atoms with E-state index in [1.54, 1.807) is 6.20 Å². The van der Waals surface area contributed by atoms with Crippen molar-refractivity contribution in [2.24, 2.45) is 5.92 Å². The summed E-state index contributed by atoms with van der Waals surface area (Å²) in [7, 11) is 0. The van der Waals surface area contributed by atoms with Crippen LogP contribution in [0.1, 0.15) is 89.0 Å². The maximum absolute atomic E-state index is 6.55. The quantitative estimate of drug-likeness (QED) is 0.335. The summed E-state index contributed by atoms with van der Waals surface area (Å²) in [6, 6.07) is 4.59. The topological polar surface area (TPSA) is 35.0 Å². The van der Waals surface area contributed by atoms with Gasteiger partial charge in [0.1, 0.15) is 11.3 Å². The summed E-state index contributed by atoms with van der Waals surface area (Å²) in [5, 5.41) is 0. The predicted octanol–water partition coefficient (Wildman–Crippen LogP) is 7.22. The van der Waals surface area contributed by atoms with Gasteiger partial charge in [-0.2, -0.15) is 0 Å². The number of hydrogen-bond acceptors (Lipinski definition) is 3. The van der Waals surface area contributed by atoms with Crippen molar-refractivity contribution in [1.29, 1.82) is 0 Å². The van der Waals surface area contributed by atoms with Crippen LogP contribution >= 0.6 is 22.6 Å². The van der Waals surface area contributed by atoms with Crippen LogP contribution in [0.2, 0.25) is 0 Å². The third kappa shape index (κ3) is 5.17. The summed E-state index contributed by atoms with van der Waals surface area (Å²) >= 11 is 2.58. The average molecular weight is 492 g/mol. The molecule has 2 atom stereocenters. The van der Waals surface area contributed by atoms with Crippen molar-refractivity contribution in [3.05, 3.63) is 30.1 Å². The van der Waals surface area contributed by atoms with Crippen molar-refractivity contribution >= 4 is 33.6 Å². The Morgan fingerprint density at radius 2 is 1.64 bits per heavy atom. The first-order valence-electron chi connectivity index (χ1n) is 11.2. The van der Waals surface area contributed by atoms with E-state index >= 15 is 0 Å². The van der Waals surface area contributed by atoms with Crippen LogP contribution in [-0.4, -0.2) is 20.0 Å². The first-order chi connectivity index (χ1) is 13.7. The molecule has 0 spiro atoms. The number of aromatic nitrogens is 2. The Morgan fingerprint density at radius 1 is 0.893 bits per heavy atom. The van der Waals surface area contributed by atoms with Gasteiger partial charge in [-0.3, -0.25) is 4.98 Å². The molecule has 4 heteroatoms. The normalized spacial score (nSPS) is 29.6. The summed E-state index contributed by atoms with van der Waals surface area (Å²) in [4.78, 5) is 9.26. The minimum absolute atomic E-state index is 0.325. The van der Waals surface area contributed by atoms with E-state index in [1.807, 2.05) is 6.20 Å². The highest BCUT2D eigenvalue weighted by Gasteiger charge is 2.23. The van der Waals surface area contributed by atoms with Crippen LogP contribution in [0.5, 0.6) is 5.75 Å². The molecule has 4 rings (SSSR count). The summed E-state index contributed by atoms with van der Waals surface area (Å²) in [6.45, 7) is 2.43. The lowest BCUT2D eigenvalue weighted by molar-refractivity contribution is 0.160. The number of benzene rings is 1. The van der Waals surface area contributed by atoms with Crippen LogP contribution in [-0.2, 0) is 0 Å². The fraction of sp³-hybridized carbons (Fsp3) is 0.667. The van der Waals surface area contributed by atoms with Gasteiger partial charge in [-0.05, 0) is 68.1 Å². The van der Waals surface area contributed by atoms with Crippen molar-refractivity contribution in [2.75, 3.05) is 0 Å². The molecule has 0 radical (unpaired) electrons. The molecular formula is C24H33IN2O. The number of fused-ring (bicyclic) bond motifs is 1. The van der Waals surface area contributed by atoms with Gasteiger partial charge in [0.2, 0.25) is 0 Å². The molecule has 1 aromatic carbocycles. The highest BCUT2D eigenvalue weighted by molar-refractivity contribution is 14.1. The van der Waals surface area contributed by atoms with E-state index in [-0.39, 0.29) is 0 Å². The van der Waals surface area contributed by atoms with Crippen LogP contribution in [0, 0.1) is 5.92 Å². The number of nitrogens with zero attached hydrogens (tertiary/aromatic N) is 2. The minimum Gasteiger partial charge on any atom is -0.488 e. The van der Waals surface area contributed by atoms with Gasteiger partial charge in [0.15, 0.2) is 0 Å². The first-order valence-corrected chi connectivity index (χ1v) is 12.5. The van der Waals surface area contributed by atoms with Crippen LogP contribution < -0.4 is 4.74 Å². The van der Waals surface area contributed by atoms with E-state index < -0.39 is 0 Å². The third-order valence-electron chi connectivity index (χ3n) is 6.62. The molecular weight excluding hydrogens is 459 g/mol. The molecule has 1 aromatic heterocycles. The lowest BCUT2D eigenvalue weighted by Crippen LogP contribution is -2.24. The number of hydrogen-bond donors (Lipinski definition) is 0. The lowest BCUT2D eigenvalue weighted by Gasteiger charge is -2.27. The Bertz CT molecular complexity index is 772. The molecule has 2 fully saturated rings. The second kappa shape index (κ2) is 9.73. The van der Waals surface area contributed by atoms with Gasteiger partial charge in [-0.15, -0.1) is 0 Å². The maximum Gasteiger partial charge on any atom is 0.147 e. The van der Waals surface area contributed by atoms with E-state index in [0.29, 0.717) is 12.0 Å². The number of ether oxygens (including phenoxy) is 1. The zero-order valence-corrected chi connectivity index (χ0v) is 19.2. The van der Waals surface area contributed by atoms with E-state index in [4.69, 9.17) is 4.74 Å². The van der Waals surface area contributed by atoms with Gasteiger partial charge >= 0.3 is 0 Å². The van der Waals surface area contributed by atoms with Crippen molar-refractivity contribution in [1.82, 2.24) is 9.97 Å². The molecule has 0 N–H and O–H groups in total. The Kier molecular flexibility index (Phi) is 7.08. The van der Waals surface area contributed by atoms with Gasteiger partial charge in [-0.25, -0.2) is 4.98 Å². The molecule has 2 aromatic rings. The van der Waals surface area contributed by atoms with E-state index in [1.165, 1.54) is 63.4 Å². The molecule has 28 heavy (non-hydrogen) atoms. The summed E-state index contributed by atoms with van der Waals surface area (Å²) in [5.74, 6) is 2.38. The summed E-state index contributed by atoms with van der Waals surface area (Å²) in [5.41, 5.74) is 3.34. The Balaban J connectivity index is 1.62. The third-order valence-corrected chi connectivity index (χ3v) is 7.86. The molecule has 0 saturated heterocycles. The molecule has 0 aliphatic heterocycles. The number of rotatable bonds is 3. The smallest absolute Gasteiger partial charge is 0.147 e. The fourth-order valence-electron chi connectivity index (χ4n) is 4.97. The van der Waals surface area contributed by atoms with Crippen LogP contribution in [0.25, 0.3) is 11.0 Å². The Hall–Kier alpha value is -0.910. The lowest BCUT2D eigenvalue weighted by atomic mass is 9.85. The van der Waals surface area contributed by atoms with Crippen LogP contribution in [0.15, 0.2) is 24.5 Å². The fourth-order valence-corrected chi connectivity index (χ4v) is 5.69. The van der Waals surface area contributed by atoms with Gasteiger partial charge < -0.3 is 4.74 Å². The molecule has 152 valence electrons. The number of alkyl halides is 1. The molecule has 2 unspecified atom stereocenters. The zero-order valence-electron chi connectivity index (χ0n) is 17.1. The molecule has 2 aliphatic carbocycles. The molecule has 0 bridgehead atoms. The van der Waals surface area contributed by atoms with Crippen molar-refractivity contribution in [3.63, 3.8) is 0 Å². The van der Waals surface area contributed by atoms with E-state index in [2.05, 4.69) is 51.6 Å². The Morgan fingerprint density at radius 3 is 2.46 bits per heavy atom. The van der Waals surface area contributed by atoms with E-state index in [9.17, 15) is 0 Å². The summed E-state index contributed by atoms with van der Waals surface area (Å²) < 4.78 is 7.36. The first kappa shape index (κ1) is 20.4. The summed E-state index contributed by atoms with van der Waals surface area (Å²) in [6.07, 6.45) is 18.2. The van der Waals surface area contributed by atoms with Gasteiger partial charge in [0.05, 0.1) is 11.6 Å². The van der Waals surface area contributed by atoms with Gasteiger partial charge in [0, 0.05) is 16.3 Å². The molecule has 2 saturated carbocycles. The van der Waals surface area contributed by atoms with Crippen molar-refractivity contribution in [2.45, 2.75) is 93.5 Å². The maximum atomic E-state index is 6.55. The van der Waals surface area contributed by atoms with E-state index in [0.717, 1.165) is 39.5 Å². The largest absolute Gasteiger partial charge is 0.488 e. The average Bonchev–Trinajstić information content (AvgIpc) is 2.81. The second-order valence-corrected chi connectivity index (χ2v) is 10.7. The second-order valence-electron chi connectivity index (χ2n) is 8.96. The van der Waals surface area contributed by atoms with Crippen LogP contribution in [0.3, 0.4) is 0 Å².